The van der Waals surface area contributed by atoms with Gasteiger partial charge in [-0.05, 0) is 61.9 Å². The third kappa shape index (κ3) is 5.03. The van der Waals surface area contributed by atoms with Crippen molar-refractivity contribution in [2.24, 2.45) is 0 Å². The van der Waals surface area contributed by atoms with Gasteiger partial charge in [0.05, 0.1) is 25.7 Å². The maximum Gasteiger partial charge on any atom is 0.243 e. The first kappa shape index (κ1) is 24.4. The van der Waals surface area contributed by atoms with Crippen molar-refractivity contribution >= 4 is 15.9 Å². The zero-order valence-corrected chi connectivity index (χ0v) is 20.3. The Labute approximate surface area is 199 Å². The van der Waals surface area contributed by atoms with Crippen LogP contribution in [0.3, 0.4) is 0 Å². The number of nitrogens with zero attached hydrogens (tertiary/aromatic N) is 3. The first-order valence-corrected chi connectivity index (χ1v) is 12.8. The highest BCUT2D eigenvalue weighted by Gasteiger charge is 2.34. The molecular weight excluding hydrogens is 461 g/mol. The number of sulfonamides is 1. The summed E-state index contributed by atoms with van der Waals surface area (Å²) in [6, 6.07) is 10.6. The molecule has 10 heteroatoms. The molecule has 2 aromatic carbocycles. The van der Waals surface area contributed by atoms with Gasteiger partial charge in [-0.3, -0.25) is 9.69 Å². The molecule has 184 valence electrons. The van der Waals surface area contributed by atoms with Gasteiger partial charge in [0, 0.05) is 37.8 Å². The zero-order chi connectivity index (χ0) is 24.3. The fourth-order valence-electron chi connectivity index (χ4n) is 4.67. The van der Waals surface area contributed by atoms with Gasteiger partial charge in [-0.25, -0.2) is 12.8 Å². The van der Waals surface area contributed by atoms with Gasteiger partial charge in [0.1, 0.15) is 17.3 Å². The summed E-state index contributed by atoms with van der Waals surface area (Å²) in [5.74, 6) is 1.01. The Kier molecular flexibility index (Phi) is 7.39. The monoisotopic (exact) mass is 491 g/mol. The van der Waals surface area contributed by atoms with Gasteiger partial charge >= 0.3 is 0 Å². The van der Waals surface area contributed by atoms with Crippen molar-refractivity contribution in [2.75, 3.05) is 53.5 Å². The maximum atomic E-state index is 13.2. The van der Waals surface area contributed by atoms with Crippen LogP contribution in [0.15, 0.2) is 47.4 Å². The maximum absolute atomic E-state index is 13.2. The van der Waals surface area contributed by atoms with E-state index in [4.69, 9.17) is 9.47 Å². The van der Waals surface area contributed by atoms with Crippen LogP contribution in [0.2, 0.25) is 0 Å². The van der Waals surface area contributed by atoms with E-state index in [1.807, 2.05) is 18.2 Å². The number of hydrogen-bond donors (Lipinski definition) is 0. The molecule has 2 saturated heterocycles. The molecule has 2 heterocycles. The smallest absolute Gasteiger partial charge is 0.243 e. The third-order valence-corrected chi connectivity index (χ3v) is 8.45. The topological polar surface area (TPSA) is 79.4 Å². The second-order valence-corrected chi connectivity index (χ2v) is 10.4. The molecule has 0 bridgehead atoms. The molecule has 0 saturated carbocycles. The third-order valence-electron chi connectivity index (χ3n) is 6.54. The van der Waals surface area contributed by atoms with Crippen molar-refractivity contribution in [1.29, 1.82) is 0 Å². The predicted octanol–water partition coefficient (Wildman–Crippen LogP) is 2.51. The molecule has 2 aliphatic rings. The summed E-state index contributed by atoms with van der Waals surface area (Å²) in [6.45, 7) is 2.11. The standard InChI is InChI=1S/C24H30FN3O5S/c1-32-19-7-10-23(33-2)21(16-19)22-4-3-11-27(22)17-24(29)26-12-14-28(15-13-26)34(30,31)20-8-5-18(25)6-9-20/h5-10,16,22H,3-4,11-15,17H2,1-2H3. The predicted molar refractivity (Wildman–Crippen MR) is 125 cm³/mol. The summed E-state index contributed by atoms with van der Waals surface area (Å²) in [5, 5.41) is 0. The van der Waals surface area contributed by atoms with E-state index >= 15 is 0 Å². The van der Waals surface area contributed by atoms with Crippen LogP contribution < -0.4 is 9.47 Å². The van der Waals surface area contributed by atoms with Crippen LogP contribution in [0.25, 0.3) is 0 Å². The minimum absolute atomic E-state index is 0.0207. The van der Waals surface area contributed by atoms with Crippen molar-refractivity contribution in [1.82, 2.24) is 14.1 Å². The number of likely N-dealkylation sites (tertiary alicyclic amines) is 1. The number of carbonyl (C=O) groups is 1. The SMILES string of the molecule is COc1ccc(OC)c(C2CCCN2CC(=O)N2CCN(S(=O)(=O)c3ccc(F)cc3)CC2)c1. The fourth-order valence-corrected chi connectivity index (χ4v) is 6.10. The molecular formula is C24H30FN3O5S. The Morgan fingerprint density at radius 2 is 1.71 bits per heavy atom. The highest BCUT2D eigenvalue weighted by Crippen LogP contribution is 2.38. The van der Waals surface area contributed by atoms with E-state index in [9.17, 15) is 17.6 Å². The number of hydrogen-bond acceptors (Lipinski definition) is 6. The van der Waals surface area contributed by atoms with E-state index in [0.29, 0.717) is 13.1 Å². The van der Waals surface area contributed by atoms with E-state index in [0.717, 1.165) is 48.6 Å². The Hall–Kier alpha value is -2.69. The number of methoxy groups -OCH3 is 2. The van der Waals surface area contributed by atoms with Crippen LogP contribution in [0.1, 0.15) is 24.4 Å². The molecule has 2 aromatic rings. The number of benzene rings is 2. The first-order chi connectivity index (χ1) is 16.3. The van der Waals surface area contributed by atoms with Crippen molar-refractivity contribution in [2.45, 2.75) is 23.8 Å². The van der Waals surface area contributed by atoms with Gasteiger partial charge in [0.2, 0.25) is 15.9 Å². The lowest BCUT2D eigenvalue weighted by molar-refractivity contribution is -0.133. The van der Waals surface area contributed by atoms with Crippen molar-refractivity contribution in [3.8, 4) is 11.5 Å². The molecule has 2 aliphatic heterocycles. The second kappa shape index (κ2) is 10.3. The molecule has 8 nitrogen and oxygen atoms in total. The molecule has 2 fully saturated rings. The summed E-state index contributed by atoms with van der Waals surface area (Å²) >= 11 is 0. The average Bonchev–Trinajstić information content (AvgIpc) is 3.31. The number of rotatable bonds is 7. The summed E-state index contributed by atoms with van der Waals surface area (Å²) in [7, 11) is -0.460. The zero-order valence-electron chi connectivity index (χ0n) is 19.4. The highest BCUT2D eigenvalue weighted by atomic mass is 32.2. The molecule has 0 aromatic heterocycles. The van der Waals surface area contributed by atoms with Crippen LogP contribution in [0.5, 0.6) is 11.5 Å². The highest BCUT2D eigenvalue weighted by molar-refractivity contribution is 7.89. The number of carbonyl (C=O) groups excluding carboxylic acids is 1. The Morgan fingerprint density at radius 1 is 1.00 bits per heavy atom. The Bertz CT molecular complexity index is 1120. The fraction of sp³-hybridized carbons (Fsp3) is 0.458. The summed E-state index contributed by atoms with van der Waals surface area (Å²) in [6.07, 6.45) is 1.89. The van der Waals surface area contributed by atoms with Crippen molar-refractivity contribution in [3.05, 3.63) is 53.8 Å². The Balaban J connectivity index is 1.39. The van der Waals surface area contributed by atoms with E-state index < -0.39 is 15.8 Å². The molecule has 0 aliphatic carbocycles. The van der Waals surface area contributed by atoms with Gasteiger partial charge in [0.25, 0.3) is 0 Å². The Morgan fingerprint density at radius 3 is 2.35 bits per heavy atom. The summed E-state index contributed by atoms with van der Waals surface area (Å²) in [4.78, 5) is 17.0. The van der Waals surface area contributed by atoms with Crippen LogP contribution in [-0.2, 0) is 14.8 Å². The van der Waals surface area contributed by atoms with Gasteiger partial charge in [-0.2, -0.15) is 4.31 Å². The molecule has 0 N–H and O–H groups in total. The molecule has 4 rings (SSSR count). The number of piperazine rings is 1. The van der Waals surface area contributed by atoms with Crippen LogP contribution in [0.4, 0.5) is 4.39 Å². The van der Waals surface area contributed by atoms with Gasteiger partial charge < -0.3 is 14.4 Å². The minimum atomic E-state index is -3.72. The van der Waals surface area contributed by atoms with Gasteiger partial charge in [-0.1, -0.05) is 0 Å². The van der Waals surface area contributed by atoms with E-state index in [2.05, 4.69) is 4.90 Å². The summed E-state index contributed by atoms with van der Waals surface area (Å²) in [5.41, 5.74) is 1.00. The summed E-state index contributed by atoms with van der Waals surface area (Å²) < 4.78 is 51.1. The second-order valence-electron chi connectivity index (χ2n) is 8.48. The van der Waals surface area contributed by atoms with Crippen molar-refractivity contribution in [3.63, 3.8) is 0 Å². The molecule has 1 amide bonds. The lowest BCUT2D eigenvalue weighted by Gasteiger charge is -2.35. The van der Waals surface area contributed by atoms with E-state index in [-0.39, 0.29) is 36.5 Å². The van der Waals surface area contributed by atoms with E-state index in [1.54, 1.807) is 19.1 Å². The molecule has 0 radical (unpaired) electrons. The lowest BCUT2D eigenvalue weighted by atomic mass is 10.0. The number of halogens is 1. The van der Waals surface area contributed by atoms with E-state index in [1.165, 1.54) is 16.4 Å². The number of amides is 1. The quantitative estimate of drug-likeness (QED) is 0.592. The average molecular weight is 492 g/mol. The normalized spacial score (nSPS) is 19.9. The molecule has 0 spiro atoms. The minimum Gasteiger partial charge on any atom is -0.497 e. The van der Waals surface area contributed by atoms with Crippen LogP contribution in [0, 0.1) is 5.82 Å². The lowest BCUT2D eigenvalue weighted by Crippen LogP contribution is -2.52. The van der Waals surface area contributed by atoms with Gasteiger partial charge in [0.15, 0.2) is 0 Å². The van der Waals surface area contributed by atoms with Crippen LogP contribution in [-0.4, -0.2) is 81.9 Å². The molecule has 1 unspecified atom stereocenters. The van der Waals surface area contributed by atoms with Gasteiger partial charge in [-0.15, -0.1) is 0 Å². The first-order valence-electron chi connectivity index (χ1n) is 11.3. The number of ether oxygens (including phenoxy) is 2. The molecule has 1 atom stereocenters. The van der Waals surface area contributed by atoms with Crippen LogP contribution >= 0.6 is 0 Å². The molecule has 34 heavy (non-hydrogen) atoms. The largest absolute Gasteiger partial charge is 0.497 e. The van der Waals surface area contributed by atoms with Crippen molar-refractivity contribution < 1.29 is 27.1 Å².